The van der Waals surface area contributed by atoms with E-state index in [1.165, 1.54) is 12.1 Å². The van der Waals surface area contributed by atoms with E-state index in [0.717, 1.165) is 0 Å². The Balaban J connectivity index is 1.77. The Morgan fingerprint density at radius 1 is 1.00 bits per heavy atom. The molecule has 4 aromatic rings. The summed E-state index contributed by atoms with van der Waals surface area (Å²) in [6.45, 7) is 0. The maximum absolute atomic E-state index is 13.3. The zero-order chi connectivity index (χ0) is 14.9. The third-order valence-electron chi connectivity index (χ3n) is 3.21. The van der Waals surface area contributed by atoms with Gasteiger partial charge in [-0.3, -0.25) is 9.97 Å². The highest BCUT2D eigenvalue weighted by atomic mass is 19.1. The van der Waals surface area contributed by atoms with Crippen molar-refractivity contribution < 1.29 is 8.91 Å². The molecule has 3 heterocycles. The van der Waals surface area contributed by atoms with Crippen LogP contribution in [0.25, 0.3) is 33.9 Å². The molecule has 6 heteroatoms. The summed E-state index contributed by atoms with van der Waals surface area (Å²) in [6.07, 6.45) is 3.28. The molecule has 0 saturated heterocycles. The zero-order valence-electron chi connectivity index (χ0n) is 11.3. The lowest BCUT2D eigenvalue weighted by atomic mass is 10.1. The average Bonchev–Trinajstić information content (AvgIpc) is 3.05. The van der Waals surface area contributed by atoms with Gasteiger partial charge in [0.25, 0.3) is 5.89 Å². The normalized spacial score (nSPS) is 11.0. The molecule has 0 saturated carbocycles. The number of hydrogen-bond donors (Lipinski definition) is 0. The summed E-state index contributed by atoms with van der Waals surface area (Å²) in [5.74, 6) is 0.403. The number of halogens is 1. The van der Waals surface area contributed by atoms with Gasteiger partial charge in [-0.2, -0.15) is 4.98 Å². The fraction of sp³-hybridized carbons (Fsp3) is 0. The van der Waals surface area contributed by atoms with E-state index in [-0.39, 0.29) is 5.82 Å². The monoisotopic (exact) mass is 292 g/mol. The number of aromatic nitrogens is 4. The number of nitrogens with zero attached hydrogens (tertiary/aromatic N) is 4. The third-order valence-corrected chi connectivity index (χ3v) is 3.21. The Kier molecular flexibility index (Phi) is 2.86. The van der Waals surface area contributed by atoms with Crippen LogP contribution in [0.3, 0.4) is 0 Å². The Bertz CT molecular complexity index is 953. The summed E-state index contributed by atoms with van der Waals surface area (Å²) in [5, 5.41) is 4.59. The quantitative estimate of drug-likeness (QED) is 0.566. The van der Waals surface area contributed by atoms with Crippen LogP contribution in [0, 0.1) is 5.82 Å². The molecule has 0 spiro atoms. The molecule has 0 N–H and O–H groups in total. The Hall–Kier alpha value is -3.15. The lowest BCUT2D eigenvalue weighted by molar-refractivity contribution is 0.432. The fourth-order valence-corrected chi connectivity index (χ4v) is 2.16. The second kappa shape index (κ2) is 5.00. The van der Waals surface area contributed by atoms with Crippen molar-refractivity contribution in [2.45, 2.75) is 0 Å². The van der Waals surface area contributed by atoms with Crippen LogP contribution in [-0.4, -0.2) is 20.1 Å². The van der Waals surface area contributed by atoms with Gasteiger partial charge in [0, 0.05) is 17.8 Å². The molecule has 106 valence electrons. The van der Waals surface area contributed by atoms with Gasteiger partial charge >= 0.3 is 0 Å². The van der Waals surface area contributed by atoms with Gasteiger partial charge in [0.1, 0.15) is 11.5 Å². The zero-order valence-corrected chi connectivity index (χ0v) is 11.3. The molecule has 0 atom stereocenters. The van der Waals surface area contributed by atoms with E-state index in [9.17, 15) is 4.39 Å². The minimum atomic E-state index is -0.314. The molecule has 0 aliphatic heterocycles. The molecule has 0 radical (unpaired) electrons. The van der Waals surface area contributed by atoms with E-state index >= 15 is 0 Å². The van der Waals surface area contributed by atoms with E-state index < -0.39 is 0 Å². The van der Waals surface area contributed by atoms with Gasteiger partial charge in [-0.15, -0.1) is 0 Å². The minimum absolute atomic E-state index is 0.314. The van der Waals surface area contributed by atoms with Crippen molar-refractivity contribution in [3.05, 3.63) is 60.7 Å². The maximum Gasteiger partial charge on any atom is 0.259 e. The van der Waals surface area contributed by atoms with Gasteiger partial charge in [0.05, 0.1) is 11.1 Å². The SMILES string of the molecule is Fc1ccc2ncc(-c3nc(-c4ccccn4)no3)cc2c1. The Labute approximate surface area is 124 Å². The molecule has 0 aliphatic carbocycles. The number of fused-ring (bicyclic) bond motifs is 1. The topological polar surface area (TPSA) is 64.7 Å². The van der Waals surface area contributed by atoms with Crippen molar-refractivity contribution in [1.82, 2.24) is 20.1 Å². The van der Waals surface area contributed by atoms with Gasteiger partial charge in [-0.25, -0.2) is 4.39 Å². The molecule has 0 aliphatic rings. The molecule has 3 aromatic heterocycles. The smallest absolute Gasteiger partial charge is 0.259 e. The second-order valence-electron chi connectivity index (χ2n) is 4.70. The van der Waals surface area contributed by atoms with Crippen LogP contribution < -0.4 is 0 Å². The Morgan fingerprint density at radius 3 is 2.82 bits per heavy atom. The molecular weight excluding hydrogens is 283 g/mol. The summed E-state index contributed by atoms with van der Waals surface area (Å²) >= 11 is 0. The summed E-state index contributed by atoms with van der Waals surface area (Å²) in [6, 6.07) is 11.6. The fourth-order valence-electron chi connectivity index (χ4n) is 2.16. The lowest BCUT2D eigenvalue weighted by Gasteiger charge is -1.99. The summed E-state index contributed by atoms with van der Waals surface area (Å²) in [7, 11) is 0. The van der Waals surface area contributed by atoms with E-state index in [2.05, 4.69) is 20.1 Å². The molecule has 5 nitrogen and oxygen atoms in total. The van der Waals surface area contributed by atoms with Crippen LogP contribution in [0.5, 0.6) is 0 Å². The largest absolute Gasteiger partial charge is 0.333 e. The average molecular weight is 292 g/mol. The summed E-state index contributed by atoms with van der Waals surface area (Å²) in [5.41, 5.74) is 1.96. The van der Waals surface area contributed by atoms with Crippen molar-refractivity contribution in [2.75, 3.05) is 0 Å². The number of pyridine rings is 2. The van der Waals surface area contributed by atoms with Crippen molar-refractivity contribution in [3.8, 4) is 23.0 Å². The van der Waals surface area contributed by atoms with E-state index in [0.29, 0.717) is 33.9 Å². The van der Waals surface area contributed by atoms with Crippen molar-refractivity contribution >= 4 is 10.9 Å². The van der Waals surface area contributed by atoms with Gasteiger partial charge in [-0.1, -0.05) is 11.2 Å². The molecule has 0 bridgehead atoms. The number of hydrogen-bond acceptors (Lipinski definition) is 5. The maximum atomic E-state index is 13.3. The van der Waals surface area contributed by atoms with Crippen LogP contribution in [-0.2, 0) is 0 Å². The van der Waals surface area contributed by atoms with Crippen molar-refractivity contribution in [1.29, 1.82) is 0 Å². The predicted molar refractivity (Wildman–Crippen MR) is 78.2 cm³/mol. The highest BCUT2D eigenvalue weighted by Crippen LogP contribution is 2.23. The van der Waals surface area contributed by atoms with E-state index in [4.69, 9.17) is 4.52 Å². The first-order chi connectivity index (χ1) is 10.8. The molecule has 0 unspecified atom stereocenters. The molecule has 0 amide bonds. The van der Waals surface area contributed by atoms with Crippen LogP contribution in [0.2, 0.25) is 0 Å². The number of rotatable bonds is 2. The minimum Gasteiger partial charge on any atom is -0.333 e. The van der Waals surface area contributed by atoms with Crippen molar-refractivity contribution in [3.63, 3.8) is 0 Å². The van der Waals surface area contributed by atoms with Gasteiger partial charge in [0.2, 0.25) is 5.82 Å². The third kappa shape index (κ3) is 2.20. The first kappa shape index (κ1) is 12.6. The van der Waals surface area contributed by atoms with Gasteiger partial charge in [0.15, 0.2) is 0 Å². The van der Waals surface area contributed by atoms with Crippen LogP contribution in [0.4, 0.5) is 4.39 Å². The first-order valence-corrected chi connectivity index (χ1v) is 6.60. The van der Waals surface area contributed by atoms with Crippen LogP contribution in [0.1, 0.15) is 0 Å². The predicted octanol–water partition coefficient (Wildman–Crippen LogP) is 3.49. The molecule has 1 aromatic carbocycles. The highest BCUT2D eigenvalue weighted by molar-refractivity contribution is 5.82. The number of benzene rings is 1. The Morgan fingerprint density at radius 2 is 1.95 bits per heavy atom. The van der Waals surface area contributed by atoms with Gasteiger partial charge < -0.3 is 4.52 Å². The second-order valence-corrected chi connectivity index (χ2v) is 4.70. The first-order valence-electron chi connectivity index (χ1n) is 6.60. The molecule has 0 fully saturated rings. The molecular formula is C16H9FN4O. The van der Waals surface area contributed by atoms with Crippen LogP contribution >= 0.6 is 0 Å². The molecule has 22 heavy (non-hydrogen) atoms. The molecule has 4 rings (SSSR count). The van der Waals surface area contributed by atoms with E-state index in [1.807, 2.05) is 12.1 Å². The van der Waals surface area contributed by atoms with Crippen LogP contribution in [0.15, 0.2) is 59.4 Å². The lowest BCUT2D eigenvalue weighted by Crippen LogP contribution is -1.86. The highest BCUT2D eigenvalue weighted by Gasteiger charge is 2.12. The van der Waals surface area contributed by atoms with Crippen molar-refractivity contribution in [2.24, 2.45) is 0 Å². The standard InChI is InChI=1S/C16H9FN4O/c17-12-4-5-13-10(8-12)7-11(9-19-13)16-20-15(21-22-16)14-3-1-2-6-18-14/h1-9H. The summed E-state index contributed by atoms with van der Waals surface area (Å²) < 4.78 is 18.6. The summed E-state index contributed by atoms with van der Waals surface area (Å²) in [4.78, 5) is 12.7. The van der Waals surface area contributed by atoms with Gasteiger partial charge in [-0.05, 0) is 36.4 Å². The van der Waals surface area contributed by atoms with E-state index in [1.54, 1.807) is 30.6 Å².